The highest BCUT2D eigenvalue weighted by molar-refractivity contribution is 5.65. The van der Waals surface area contributed by atoms with Gasteiger partial charge in [0, 0.05) is 57.2 Å². The molecule has 0 atom stereocenters. The number of benzene rings is 2. The topological polar surface area (TPSA) is 59.8 Å². The fraction of sp³-hybridized carbons (Fsp3) is 0.370. The molecule has 4 rings (SSSR count). The lowest BCUT2D eigenvalue weighted by atomic mass is 9.90. The minimum atomic E-state index is -5.94. The second-order valence-electron chi connectivity index (χ2n) is 9.33. The minimum Gasteiger partial charge on any atom is -0.392 e. The third-order valence-electron chi connectivity index (χ3n) is 6.85. The molecule has 1 aliphatic heterocycles. The highest BCUT2D eigenvalue weighted by atomic mass is 19.4. The average molecular weight is 540 g/mol. The van der Waals surface area contributed by atoms with Crippen molar-refractivity contribution in [3.8, 4) is 11.1 Å². The van der Waals surface area contributed by atoms with Crippen molar-refractivity contribution < 1.29 is 36.6 Å². The number of piperazine rings is 1. The third kappa shape index (κ3) is 5.85. The third-order valence-corrected chi connectivity index (χ3v) is 6.85. The van der Waals surface area contributed by atoms with Gasteiger partial charge in [0.15, 0.2) is 0 Å². The van der Waals surface area contributed by atoms with E-state index in [0.717, 1.165) is 50.4 Å². The van der Waals surface area contributed by atoms with Gasteiger partial charge in [0.05, 0.1) is 6.61 Å². The van der Waals surface area contributed by atoms with Crippen LogP contribution in [0, 0.1) is 0 Å². The molecule has 0 unspecified atom stereocenters. The molecule has 1 saturated heterocycles. The summed E-state index contributed by atoms with van der Waals surface area (Å²) in [4.78, 5) is 8.65. The van der Waals surface area contributed by atoms with Crippen LogP contribution in [0.25, 0.3) is 11.1 Å². The molecule has 1 aromatic heterocycles. The Morgan fingerprint density at radius 1 is 0.684 bits per heavy atom. The first-order valence-corrected chi connectivity index (χ1v) is 12.0. The molecule has 204 valence electrons. The molecule has 0 bridgehead atoms. The molecule has 2 aromatic carbocycles. The van der Waals surface area contributed by atoms with E-state index in [4.69, 9.17) is 0 Å². The lowest BCUT2D eigenvalue weighted by Gasteiger charge is -2.35. The SMILES string of the molecule is OCc1cc(-c2ccc(C(O)(C(F)(F)F)C(F)(F)F)cc2)ccc1CN1CCN(Cc2ccncc2)CC1. The first kappa shape index (κ1) is 28.0. The van der Waals surface area contributed by atoms with Crippen LogP contribution in [-0.2, 0) is 25.3 Å². The molecule has 0 saturated carbocycles. The summed E-state index contributed by atoms with van der Waals surface area (Å²) in [7, 11) is 0. The van der Waals surface area contributed by atoms with Crippen molar-refractivity contribution in [1.82, 2.24) is 14.8 Å². The molecular formula is C27H27F6N3O2. The van der Waals surface area contributed by atoms with Crippen LogP contribution in [0.2, 0.25) is 0 Å². The number of halogens is 6. The quantitative estimate of drug-likeness (QED) is 0.420. The number of rotatable bonds is 7. The number of aliphatic hydroxyl groups excluding tert-OH is 1. The zero-order valence-corrected chi connectivity index (χ0v) is 20.3. The van der Waals surface area contributed by atoms with Gasteiger partial charge >= 0.3 is 12.4 Å². The summed E-state index contributed by atoms with van der Waals surface area (Å²) in [6, 6.07) is 12.6. The Balaban J connectivity index is 1.44. The zero-order chi connectivity index (χ0) is 27.6. The molecule has 0 amide bonds. The minimum absolute atomic E-state index is 0.273. The van der Waals surface area contributed by atoms with E-state index >= 15 is 0 Å². The maximum Gasteiger partial charge on any atom is 0.430 e. The Bertz CT molecular complexity index is 1190. The molecule has 0 radical (unpaired) electrons. The van der Waals surface area contributed by atoms with Crippen molar-refractivity contribution in [2.75, 3.05) is 26.2 Å². The summed E-state index contributed by atoms with van der Waals surface area (Å²) in [5.74, 6) is 0. The molecule has 1 fully saturated rings. The predicted molar refractivity (Wildman–Crippen MR) is 129 cm³/mol. The van der Waals surface area contributed by atoms with Crippen LogP contribution in [0.4, 0.5) is 26.3 Å². The van der Waals surface area contributed by atoms with Gasteiger partial charge in [-0.1, -0.05) is 36.4 Å². The monoisotopic (exact) mass is 539 g/mol. The van der Waals surface area contributed by atoms with E-state index in [-0.39, 0.29) is 6.61 Å². The van der Waals surface area contributed by atoms with E-state index in [2.05, 4.69) is 14.8 Å². The second kappa shape index (κ2) is 11.0. The number of hydrogen-bond donors (Lipinski definition) is 2. The molecule has 5 nitrogen and oxygen atoms in total. The molecule has 2 heterocycles. The standard InChI is InChI=1S/C27H27F6N3O2/c28-26(29,30)25(38,27(31,32)33)24-5-3-20(4-6-24)21-1-2-22(23(15-21)18-37)17-36-13-11-35(12-14-36)16-19-7-9-34-10-8-19/h1-10,15,37-38H,11-14,16-18H2. The van der Waals surface area contributed by atoms with Crippen molar-refractivity contribution in [2.24, 2.45) is 0 Å². The van der Waals surface area contributed by atoms with Crippen LogP contribution in [-0.4, -0.2) is 63.5 Å². The fourth-order valence-electron chi connectivity index (χ4n) is 4.59. The van der Waals surface area contributed by atoms with Crippen LogP contribution in [0.3, 0.4) is 0 Å². The summed E-state index contributed by atoms with van der Waals surface area (Å²) < 4.78 is 78.9. The summed E-state index contributed by atoms with van der Waals surface area (Å²) in [6.45, 7) is 4.59. The Hall–Kier alpha value is -2.99. The van der Waals surface area contributed by atoms with Gasteiger partial charge in [0.2, 0.25) is 0 Å². The van der Waals surface area contributed by atoms with E-state index in [0.29, 0.717) is 35.4 Å². The van der Waals surface area contributed by atoms with Gasteiger partial charge in [-0.2, -0.15) is 26.3 Å². The van der Waals surface area contributed by atoms with Crippen molar-refractivity contribution >= 4 is 0 Å². The van der Waals surface area contributed by atoms with Crippen LogP contribution < -0.4 is 0 Å². The number of alkyl halides is 6. The number of aromatic nitrogens is 1. The first-order valence-electron chi connectivity index (χ1n) is 12.0. The Morgan fingerprint density at radius 2 is 1.21 bits per heavy atom. The lowest BCUT2D eigenvalue weighted by molar-refractivity contribution is -0.376. The second-order valence-corrected chi connectivity index (χ2v) is 9.33. The van der Waals surface area contributed by atoms with Crippen LogP contribution in [0.15, 0.2) is 67.0 Å². The Kier molecular flexibility index (Phi) is 8.12. The highest BCUT2D eigenvalue weighted by Crippen LogP contribution is 2.50. The smallest absolute Gasteiger partial charge is 0.392 e. The largest absolute Gasteiger partial charge is 0.430 e. The van der Waals surface area contributed by atoms with Gasteiger partial charge in [-0.05, 0) is 46.0 Å². The molecule has 11 heteroatoms. The van der Waals surface area contributed by atoms with Gasteiger partial charge in [-0.3, -0.25) is 14.8 Å². The van der Waals surface area contributed by atoms with Crippen molar-refractivity contribution in [2.45, 2.75) is 37.7 Å². The number of nitrogens with zero attached hydrogens (tertiary/aromatic N) is 3. The first-order chi connectivity index (χ1) is 17.9. The van der Waals surface area contributed by atoms with Crippen LogP contribution in [0.1, 0.15) is 22.3 Å². The zero-order valence-electron chi connectivity index (χ0n) is 20.3. The van der Waals surface area contributed by atoms with E-state index in [1.807, 2.05) is 12.1 Å². The molecule has 1 aliphatic rings. The normalized spacial score (nSPS) is 16.1. The average Bonchev–Trinajstić information content (AvgIpc) is 2.89. The summed E-state index contributed by atoms with van der Waals surface area (Å²) in [6.07, 6.45) is -8.35. The van der Waals surface area contributed by atoms with Crippen molar-refractivity contribution in [3.05, 3.63) is 89.2 Å². The van der Waals surface area contributed by atoms with Crippen LogP contribution >= 0.6 is 0 Å². The van der Waals surface area contributed by atoms with E-state index < -0.39 is 23.5 Å². The lowest BCUT2D eigenvalue weighted by Crippen LogP contribution is -2.53. The van der Waals surface area contributed by atoms with Crippen molar-refractivity contribution in [3.63, 3.8) is 0 Å². The molecule has 2 N–H and O–H groups in total. The van der Waals surface area contributed by atoms with Gasteiger partial charge in [-0.15, -0.1) is 0 Å². The number of hydrogen-bond acceptors (Lipinski definition) is 5. The maximum atomic E-state index is 13.2. The molecule has 3 aromatic rings. The van der Waals surface area contributed by atoms with Gasteiger partial charge in [0.25, 0.3) is 5.60 Å². The molecular weight excluding hydrogens is 512 g/mol. The summed E-state index contributed by atoms with van der Waals surface area (Å²) in [5.41, 5.74) is -2.71. The molecule has 0 spiro atoms. The van der Waals surface area contributed by atoms with Gasteiger partial charge in [0.1, 0.15) is 0 Å². The van der Waals surface area contributed by atoms with E-state index in [1.165, 1.54) is 5.56 Å². The fourth-order valence-corrected chi connectivity index (χ4v) is 4.59. The summed E-state index contributed by atoms with van der Waals surface area (Å²) >= 11 is 0. The predicted octanol–water partition coefficient (Wildman–Crippen LogP) is 4.87. The van der Waals surface area contributed by atoms with E-state index in [1.54, 1.807) is 30.6 Å². The van der Waals surface area contributed by atoms with Gasteiger partial charge in [-0.25, -0.2) is 0 Å². The highest BCUT2D eigenvalue weighted by Gasteiger charge is 2.71. The Morgan fingerprint density at radius 3 is 1.74 bits per heavy atom. The number of aliphatic hydroxyl groups is 2. The number of pyridine rings is 1. The molecule has 38 heavy (non-hydrogen) atoms. The maximum absolute atomic E-state index is 13.2. The van der Waals surface area contributed by atoms with Crippen LogP contribution in [0.5, 0.6) is 0 Å². The Labute approximate surface area is 216 Å². The summed E-state index contributed by atoms with van der Waals surface area (Å²) in [5, 5.41) is 19.5. The van der Waals surface area contributed by atoms with E-state index in [9.17, 15) is 36.6 Å². The van der Waals surface area contributed by atoms with Gasteiger partial charge < -0.3 is 10.2 Å². The van der Waals surface area contributed by atoms with Crippen molar-refractivity contribution in [1.29, 1.82) is 0 Å². The molecule has 0 aliphatic carbocycles.